The fourth-order valence-electron chi connectivity index (χ4n) is 7.95. The summed E-state index contributed by atoms with van der Waals surface area (Å²) < 4.78 is 14.5. The number of hydrogen-bond donors (Lipinski definition) is 2. The van der Waals surface area contributed by atoms with E-state index >= 15 is 0 Å². The maximum Gasteiger partial charge on any atom is 0.193 e. The summed E-state index contributed by atoms with van der Waals surface area (Å²) in [5.41, 5.74) is 5.47. The molecule has 0 spiro atoms. The first kappa shape index (κ1) is 34.5. The van der Waals surface area contributed by atoms with Crippen LogP contribution in [0.5, 0.6) is 5.75 Å². The average molecular weight is 679 g/mol. The van der Waals surface area contributed by atoms with Crippen LogP contribution in [0.15, 0.2) is 59.3 Å². The van der Waals surface area contributed by atoms with Gasteiger partial charge in [0.05, 0.1) is 29.1 Å². The lowest BCUT2D eigenvalue weighted by Gasteiger charge is -2.41. The molecule has 2 fully saturated rings. The molecule has 3 unspecified atom stereocenters. The van der Waals surface area contributed by atoms with Gasteiger partial charge in [-0.25, -0.2) is 4.98 Å². The Morgan fingerprint density at radius 2 is 1.98 bits per heavy atom. The summed E-state index contributed by atoms with van der Waals surface area (Å²) in [7, 11) is 12.6. The monoisotopic (exact) mass is 678 g/mol. The minimum absolute atomic E-state index is 0.0243. The van der Waals surface area contributed by atoms with Crippen LogP contribution in [0, 0.1) is 5.92 Å². The first-order chi connectivity index (χ1) is 24.2. The van der Waals surface area contributed by atoms with E-state index in [4.69, 9.17) is 17.3 Å². The molecule has 11 nitrogen and oxygen atoms in total. The Labute approximate surface area is 297 Å². The van der Waals surface area contributed by atoms with Crippen LogP contribution in [0.3, 0.4) is 0 Å². The van der Waals surface area contributed by atoms with Crippen molar-refractivity contribution in [2.45, 2.75) is 51.5 Å². The van der Waals surface area contributed by atoms with Crippen LogP contribution in [0.25, 0.3) is 10.9 Å². The zero-order valence-electron chi connectivity index (χ0n) is 30.2. The van der Waals surface area contributed by atoms with Crippen molar-refractivity contribution in [3.63, 3.8) is 0 Å². The second-order valence-corrected chi connectivity index (χ2v) is 14.5. The van der Waals surface area contributed by atoms with E-state index in [2.05, 4.69) is 85.1 Å². The molecule has 2 N–H and O–H groups in total. The second-order valence-electron chi connectivity index (χ2n) is 14.5. The van der Waals surface area contributed by atoms with Crippen molar-refractivity contribution in [2.24, 2.45) is 5.92 Å². The molecule has 0 aliphatic carbocycles. The molecule has 264 valence electrons. The lowest BCUT2D eigenvalue weighted by molar-refractivity contribution is 0.121. The number of rotatable bonds is 10. The molecule has 3 atom stereocenters. The highest BCUT2D eigenvalue weighted by atomic mass is 16.5. The van der Waals surface area contributed by atoms with Gasteiger partial charge in [0.2, 0.25) is 0 Å². The van der Waals surface area contributed by atoms with Crippen LogP contribution in [0.2, 0.25) is 0 Å². The number of piperazine rings is 1. The largest absolute Gasteiger partial charge is 0.487 e. The number of piperidine rings is 1. The Morgan fingerprint density at radius 1 is 1.16 bits per heavy atom. The lowest BCUT2D eigenvalue weighted by atomic mass is 9.89. The molecule has 0 saturated carbocycles. The predicted molar refractivity (Wildman–Crippen MR) is 203 cm³/mol. The van der Waals surface area contributed by atoms with E-state index in [9.17, 15) is 4.79 Å². The Morgan fingerprint density at radius 3 is 2.70 bits per heavy atom. The van der Waals surface area contributed by atoms with Crippen molar-refractivity contribution < 1.29 is 9.47 Å². The summed E-state index contributed by atoms with van der Waals surface area (Å²) >= 11 is 0. The van der Waals surface area contributed by atoms with Crippen LogP contribution in [0.4, 0.5) is 17.2 Å². The Bertz CT molecular complexity index is 1800. The SMILES string of the molecule is [B]c1cc2c(=O)c(CN(CC3=CC(OC)NC=C3)C3CCCN(c4ccc(NC)nc4)C3)cn3c2c(c1N1CCN(C)CC1)OCC3C(C)C. The summed E-state index contributed by atoms with van der Waals surface area (Å²) in [6.07, 6.45) is 12.2. The number of dihydropyridines is 1. The highest BCUT2D eigenvalue weighted by molar-refractivity contribution is 6.37. The molecule has 3 aromatic rings. The number of methoxy groups -OCH3 is 1. The minimum atomic E-state index is -0.185. The van der Waals surface area contributed by atoms with Gasteiger partial charge in [-0.05, 0) is 61.9 Å². The average Bonchev–Trinajstić information content (AvgIpc) is 3.13. The number of hydrogen-bond acceptors (Lipinski definition) is 10. The molecular formula is C38H51BN8O3. The van der Waals surface area contributed by atoms with E-state index in [1.807, 2.05) is 31.6 Å². The van der Waals surface area contributed by atoms with Gasteiger partial charge in [-0.2, -0.15) is 0 Å². The fourth-order valence-corrected chi connectivity index (χ4v) is 7.95. The third-order valence-electron chi connectivity index (χ3n) is 10.9. The second kappa shape index (κ2) is 14.7. The van der Waals surface area contributed by atoms with E-state index in [0.717, 1.165) is 91.7 Å². The third-order valence-corrected chi connectivity index (χ3v) is 10.9. The van der Waals surface area contributed by atoms with Gasteiger partial charge < -0.3 is 39.4 Å². The maximum atomic E-state index is 14.6. The summed E-state index contributed by atoms with van der Waals surface area (Å²) in [5.74, 6) is 1.92. The van der Waals surface area contributed by atoms with Crippen LogP contribution >= 0.6 is 0 Å². The van der Waals surface area contributed by atoms with Gasteiger partial charge >= 0.3 is 0 Å². The van der Waals surface area contributed by atoms with Gasteiger partial charge in [-0.1, -0.05) is 25.4 Å². The number of anilines is 3. The number of likely N-dealkylation sites (N-methyl/N-ethyl adjacent to an activating group) is 1. The van der Waals surface area contributed by atoms with Crippen molar-refractivity contribution in [3.05, 3.63) is 70.3 Å². The first-order valence-electron chi connectivity index (χ1n) is 18.1. The number of nitrogens with one attached hydrogen (secondary N) is 2. The molecule has 0 bridgehead atoms. The smallest absolute Gasteiger partial charge is 0.193 e. The van der Waals surface area contributed by atoms with Gasteiger partial charge in [0.25, 0.3) is 0 Å². The lowest BCUT2D eigenvalue weighted by Crippen LogP contribution is -2.49. The van der Waals surface area contributed by atoms with Crippen molar-refractivity contribution in [3.8, 4) is 5.75 Å². The van der Waals surface area contributed by atoms with Crippen molar-refractivity contribution in [1.82, 2.24) is 24.7 Å². The third kappa shape index (κ3) is 6.85. The summed E-state index contributed by atoms with van der Waals surface area (Å²) in [6.45, 7) is 11.7. The highest BCUT2D eigenvalue weighted by Gasteiger charge is 2.33. The van der Waals surface area contributed by atoms with Crippen molar-refractivity contribution in [2.75, 3.05) is 88.7 Å². The van der Waals surface area contributed by atoms with E-state index in [-0.39, 0.29) is 23.7 Å². The normalized spacial score (nSPS) is 22.5. The van der Waals surface area contributed by atoms with Crippen LogP contribution in [-0.4, -0.2) is 113 Å². The first-order valence-corrected chi connectivity index (χ1v) is 18.1. The molecule has 1 aromatic carbocycles. The molecule has 0 amide bonds. The van der Waals surface area contributed by atoms with Gasteiger partial charge in [0, 0.05) is 89.7 Å². The number of pyridine rings is 2. The summed E-state index contributed by atoms with van der Waals surface area (Å²) in [6, 6.07) is 6.39. The van der Waals surface area contributed by atoms with E-state index in [1.54, 1.807) is 7.11 Å². The Balaban J connectivity index is 1.28. The van der Waals surface area contributed by atoms with Crippen LogP contribution in [-0.2, 0) is 11.3 Å². The number of benzene rings is 1. The Kier molecular flexibility index (Phi) is 10.1. The molecular weight excluding hydrogens is 627 g/mol. The molecule has 2 saturated heterocycles. The van der Waals surface area contributed by atoms with Crippen LogP contribution in [0.1, 0.15) is 38.3 Å². The number of aromatic nitrogens is 2. The zero-order valence-corrected chi connectivity index (χ0v) is 30.2. The van der Waals surface area contributed by atoms with Crippen molar-refractivity contribution in [1.29, 1.82) is 0 Å². The minimum Gasteiger partial charge on any atom is -0.487 e. The predicted octanol–water partition coefficient (Wildman–Crippen LogP) is 3.06. The van der Waals surface area contributed by atoms with Gasteiger partial charge in [0.15, 0.2) is 11.2 Å². The van der Waals surface area contributed by atoms with Gasteiger partial charge in [-0.3, -0.25) is 9.69 Å². The maximum absolute atomic E-state index is 14.6. The zero-order chi connectivity index (χ0) is 34.9. The number of nitrogens with zero attached hydrogens (tertiary/aromatic N) is 6. The molecule has 2 radical (unpaired) electrons. The molecule has 4 aliphatic rings. The van der Waals surface area contributed by atoms with Crippen molar-refractivity contribution >= 4 is 41.4 Å². The van der Waals surface area contributed by atoms with Gasteiger partial charge in [-0.15, -0.1) is 0 Å². The summed E-state index contributed by atoms with van der Waals surface area (Å²) in [5, 5.41) is 7.00. The molecule has 7 rings (SSSR count). The molecule has 4 aliphatic heterocycles. The number of ether oxygens (including phenoxy) is 2. The summed E-state index contributed by atoms with van der Waals surface area (Å²) in [4.78, 5) is 28.8. The molecule has 12 heteroatoms. The highest BCUT2D eigenvalue weighted by Crippen LogP contribution is 2.41. The molecule has 2 aromatic heterocycles. The Hall–Kier alpha value is -4.00. The fraction of sp³-hybridized carbons (Fsp3) is 0.526. The topological polar surface area (TPSA) is 90.4 Å². The van der Waals surface area contributed by atoms with Crippen LogP contribution < -0.4 is 36.1 Å². The molecule has 6 heterocycles. The standard InChI is InChI=1S/C38H51BN8O3/c1-25(2)32-24-50-38-35-30(18-31(39)36(38)44-15-13-43(4)14-16-44)37(48)27(22-47(32)35)21-46(20-26-10-11-41-34(17-26)49-5)29-7-6-12-45(23-29)28-8-9-33(40-3)42-19-28/h8-11,17-19,22,25,29,32,34,41H,6-7,12-16,20-21,23-24H2,1-5H3,(H,40,42). The van der Waals surface area contributed by atoms with E-state index < -0.39 is 0 Å². The molecule has 50 heavy (non-hydrogen) atoms. The van der Waals surface area contributed by atoms with E-state index in [1.165, 1.54) is 0 Å². The quantitative estimate of drug-likeness (QED) is 0.312. The van der Waals surface area contributed by atoms with Gasteiger partial charge in [0.1, 0.15) is 26.5 Å². The van der Waals surface area contributed by atoms with E-state index in [0.29, 0.717) is 36.5 Å².